The van der Waals surface area contributed by atoms with Crippen molar-refractivity contribution in [3.63, 3.8) is 0 Å². The van der Waals surface area contributed by atoms with E-state index in [1.807, 2.05) is 24.9 Å². The molecule has 17 heavy (non-hydrogen) atoms. The van der Waals surface area contributed by atoms with Gasteiger partial charge in [-0.1, -0.05) is 0 Å². The molecule has 0 atom stereocenters. The maximum absolute atomic E-state index is 4.34. The fraction of sp³-hybridized carbons (Fsp3) is 0.500. The van der Waals surface area contributed by atoms with Gasteiger partial charge in [0.1, 0.15) is 0 Å². The molecule has 2 rings (SSSR count). The summed E-state index contributed by atoms with van der Waals surface area (Å²) in [7, 11) is 1.94. The summed E-state index contributed by atoms with van der Waals surface area (Å²) >= 11 is 0. The molecule has 0 spiro atoms. The standard InChI is InChI=1S/C12H19N5/c1-9-12(10(2)15-14-9)8-13-6-4-11-5-7-17(3)16-11/h5,7,13H,4,6,8H2,1-3H3,(H,14,15). The average Bonchev–Trinajstić information content (AvgIpc) is 2.83. The maximum atomic E-state index is 4.34. The van der Waals surface area contributed by atoms with Gasteiger partial charge in [0.2, 0.25) is 0 Å². The van der Waals surface area contributed by atoms with Crippen LogP contribution in [0.2, 0.25) is 0 Å². The van der Waals surface area contributed by atoms with E-state index < -0.39 is 0 Å². The van der Waals surface area contributed by atoms with Crippen molar-refractivity contribution >= 4 is 0 Å². The summed E-state index contributed by atoms with van der Waals surface area (Å²) in [6.45, 7) is 5.87. The van der Waals surface area contributed by atoms with Crippen LogP contribution in [0.15, 0.2) is 12.3 Å². The van der Waals surface area contributed by atoms with Crippen LogP contribution in [0.25, 0.3) is 0 Å². The fourth-order valence-corrected chi connectivity index (χ4v) is 1.86. The molecule has 0 aliphatic heterocycles. The predicted octanol–water partition coefficient (Wildman–Crippen LogP) is 1.09. The molecule has 0 aliphatic rings. The van der Waals surface area contributed by atoms with Gasteiger partial charge >= 0.3 is 0 Å². The normalized spacial score (nSPS) is 11.0. The van der Waals surface area contributed by atoms with Crippen molar-refractivity contribution in [2.24, 2.45) is 7.05 Å². The number of H-pyrrole nitrogens is 1. The molecule has 2 N–H and O–H groups in total. The molecule has 5 heteroatoms. The van der Waals surface area contributed by atoms with Gasteiger partial charge in [0, 0.05) is 44.0 Å². The zero-order valence-electron chi connectivity index (χ0n) is 10.6. The van der Waals surface area contributed by atoms with Gasteiger partial charge in [-0.2, -0.15) is 10.2 Å². The maximum Gasteiger partial charge on any atom is 0.0638 e. The highest BCUT2D eigenvalue weighted by Crippen LogP contribution is 2.08. The van der Waals surface area contributed by atoms with Gasteiger partial charge in [-0.05, 0) is 19.9 Å². The fourth-order valence-electron chi connectivity index (χ4n) is 1.86. The molecule has 2 heterocycles. The lowest BCUT2D eigenvalue weighted by atomic mass is 10.2. The van der Waals surface area contributed by atoms with Crippen molar-refractivity contribution in [3.05, 3.63) is 34.9 Å². The van der Waals surface area contributed by atoms with Crippen LogP contribution in [-0.2, 0) is 20.0 Å². The first-order valence-electron chi connectivity index (χ1n) is 5.86. The quantitative estimate of drug-likeness (QED) is 0.760. The first-order valence-corrected chi connectivity index (χ1v) is 5.86. The molecule has 0 saturated heterocycles. The predicted molar refractivity (Wildman–Crippen MR) is 66.7 cm³/mol. The van der Waals surface area contributed by atoms with E-state index in [9.17, 15) is 0 Å². The average molecular weight is 233 g/mol. The summed E-state index contributed by atoms with van der Waals surface area (Å²) in [6.07, 6.45) is 2.93. The SMILES string of the molecule is Cc1n[nH]c(C)c1CNCCc1ccn(C)n1. The monoisotopic (exact) mass is 233 g/mol. The zero-order chi connectivity index (χ0) is 12.3. The molecule has 0 aromatic carbocycles. The van der Waals surface area contributed by atoms with E-state index in [2.05, 4.69) is 33.6 Å². The number of hydrogen-bond donors (Lipinski definition) is 2. The van der Waals surface area contributed by atoms with E-state index in [4.69, 9.17) is 0 Å². The molecule has 0 amide bonds. The molecule has 5 nitrogen and oxygen atoms in total. The third kappa shape index (κ3) is 2.94. The number of nitrogens with one attached hydrogen (secondary N) is 2. The Morgan fingerprint density at radius 3 is 2.82 bits per heavy atom. The van der Waals surface area contributed by atoms with E-state index in [1.165, 1.54) is 5.56 Å². The second-order valence-electron chi connectivity index (χ2n) is 4.32. The number of hydrogen-bond acceptors (Lipinski definition) is 3. The van der Waals surface area contributed by atoms with Gasteiger partial charge in [0.05, 0.1) is 11.4 Å². The molecule has 2 aromatic rings. The second-order valence-corrected chi connectivity index (χ2v) is 4.32. The second kappa shape index (κ2) is 5.14. The Hall–Kier alpha value is -1.62. The van der Waals surface area contributed by atoms with Gasteiger partial charge < -0.3 is 5.32 Å². The zero-order valence-corrected chi connectivity index (χ0v) is 10.6. The molecule has 92 valence electrons. The molecule has 0 unspecified atom stereocenters. The lowest BCUT2D eigenvalue weighted by Gasteiger charge is -2.03. The number of aryl methyl sites for hydroxylation is 3. The van der Waals surface area contributed by atoms with Crippen LogP contribution in [0.5, 0.6) is 0 Å². The number of nitrogens with zero attached hydrogens (tertiary/aromatic N) is 3. The topological polar surface area (TPSA) is 58.5 Å². The molecule has 2 aromatic heterocycles. The summed E-state index contributed by atoms with van der Waals surface area (Å²) in [5.41, 5.74) is 4.62. The third-order valence-corrected chi connectivity index (χ3v) is 2.91. The smallest absolute Gasteiger partial charge is 0.0638 e. The number of aromatic nitrogens is 4. The Balaban J connectivity index is 1.77. The third-order valence-electron chi connectivity index (χ3n) is 2.91. The van der Waals surface area contributed by atoms with E-state index >= 15 is 0 Å². The Morgan fingerprint density at radius 1 is 1.41 bits per heavy atom. The summed E-state index contributed by atoms with van der Waals surface area (Å²) < 4.78 is 1.83. The van der Waals surface area contributed by atoms with Gasteiger partial charge in [-0.25, -0.2) is 0 Å². The molecule has 0 radical (unpaired) electrons. The lowest BCUT2D eigenvalue weighted by molar-refractivity contribution is 0.662. The molecule has 0 aliphatic carbocycles. The summed E-state index contributed by atoms with van der Waals surface area (Å²) in [4.78, 5) is 0. The van der Waals surface area contributed by atoms with Gasteiger partial charge in [-0.3, -0.25) is 9.78 Å². The van der Waals surface area contributed by atoms with Crippen molar-refractivity contribution in [2.45, 2.75) is 26.8 Å². The van der Waals surface area contributed by atoms with Gasteiger partial charge in [0.25, 0.3) is 0 Å². The molecular formula is C12H19N5. The molecule has 0 fully saturated rings. The summed E-state index contributed by atoms with van der Waals surface area (Å²) in [5.74, 6) is 0. The molecule has 0 bridgehead atoms. The minimum Gasteiger partial charge on any atom is -0.312 e. The first-order chi connectivity index (χ1) is 8.16. The van der Waals surface area contributed by atoms with Crippen LogP contribution >= 0.6 is 0 Å². The number of aromatic amines is 1. The first kappa shape index (κ1) is 11.9. The largest absolute Gasteiger partial charge is 0.312 e. The van der Waals surface area contributed by atoms with E-state index in [0.717, 1.165) is 36.6 Å². The van der Waals surface area contributed by atoms with Crippen LogP contribution in [0.3, 0.4) is 0 Å². The lowest BCUT2D eigenvalue weighted by Crippen LogP contribution is -2.17. The Labute approximate surface area is 101 Å². The Morgan fingerprint density at radius 2 is 2.24 bits per heavy atom. The van der Waals surface area contributed by atoms with Gasteiger partial charge in [0.15, 0.2) is 0 Å². The minimum absolute atomic E-state index is 0.862. The highest BCUT2D eigenvalue weighted by molar-refractivity contribution is 5.22. The highest BCUT2D eigenvalue weighted by atomic mass is 15.2. The molecular weight excluding hydrogens is 214 g/mol. The van der Waals surface area contributed by atoms with Crippen LogP contribution in [0, 0.1) is 13.8 Å². The van der Waals surface area contributed by atoms with Crippen molar-refractivity contribution in [3.8, 4) is 0 Å². The minimum atomic E-state index is 0.862. The number of rotatable bonds is 5. The Kier molecular flexibility index (Phi) is 3.58. The van der Waals surface area contributed by atoms with Crippen LogP contribution in [0.1, 0.15) is 22.6 Å². The van der Waals surface area contributed by atoms with Crippen molar-refractivity contribution in [1.29, 1.82) is 0 Å². The van der Waals surface area contributed by atoms with E-state index in [0.29, 0.717) is 0 Å². The summed E-state index contributed by atoms with van der Waals surface area (Å²) in [5, 5.41) is 14.9. The van der Waals surface area contributed by atoms with Crippen LogP contribution < -0.4 is 5.32 Å². The van der Waals surface area contributed by atoms with Crippen LogP contribution in [0.4, 0.5) is 0 Å². The van der Waals surface area contributed by atoms with Crippen molar-refractivity contribution < 1.29 is 0 Å². The van der Waals surface area contributed by atoms with Gasteiger partial charge in [-0.15, -0.1) is 0 Å². The van der Waals surface area contributed by atoms with E-state index in [-0.39, 0.29) is 0 Å². The van der Waals surface area contributed by atoms with Crippen LogP contribution in [-0.4, -0.2) is 26.5 Å². The summed E-state index contributed by atoms with van der Waals surface area (Å²) in [6, 6.07) is 2.05. The molecule has 0 saturated carbocycles. The highest BCUT2D eigenvalue weighted by Gasteiger charge is 2.05. The van der Waals surface area contributed by atoms with Crippen molar-refractivity contribution in [1.82, 2.24) is 25.3 Å². The van der Waals surface area contributed by atoms with Crippen molar-refractivity contribution in [2.75, 3.05) is 6.54 Å². The Bertz CT molecular complexity index is 463. The van der Waals surface area contributed by atoms with E-state index in [1.54, 1.807) is 0 Å².